The average molecular weight is 469 g/mol. The molecule has 0 radical (unpaired) electrons. The van der Waals surface area contributed by atoms with E-state index in [-0.39, 0.29) is 11.5 Å². The molecule has 1 saturated heterocycles. The van der Waals surface area contributed by atoms with Crippen molar-refractivity contribution < 1.29 is 8.78 Å². The molecule has 0 bridgehead atoms. The summed E-state index contributed by atoms with van der Waals surface area (Å²) in [6.45, 7) is 3.36. The smallest absolute Gasteiger partial charge is 0.162 e. The number of nitrogens with zero attached hydrogens (tertiary/aromatic N) is 5. The Labute approximate surface area is 200 Å². The van der Waals surface area contributed by atoms with Gasteiger partial charge in [0.05, 0.1) is 17.1 Å². The molecular weight excluding hydrogens is 448 g/mol. The molecule has 0 unspecified atom stereocenters. The van der Waals surface area contributed by atoms with Crippen molar-refractivity contribution in [1.29, 1.82) is 0 Å². The van der Waals surface area contributed by atoms with Crippen LogP contribution in [0.1, 0.15) is 5.56 Å². The quantitative estimate of drug-likeness (QED) is 0.446. The number of anilines is 3. The van der Waals surface area contributed by atoms with E-state index >= 15 is 0 Å². The van der Waals surface area contributed by atoms with Gasteiger partial charge in [-0.05, 0) is 29.8 Å². The number of para-hydroxylation sites is 1. The maximum Gasteiger partial charge on any atom is 0.162 e. The summed E-state index contributed by atoms with van der Waals surface area (Å²) >= 11 is 0. The molecule has 9 heteroatoms. The number of nitrogens with one attached hydrogen (secondary N) is 2. The molecule has 7 nitrogen and oxygen atoms in total. The second-order valence-corrected chi connectivity index (χ2v) is 8.32. The summed E-state index contributed by atoms with van der Waals surface area (Å²) in [5, 5.41) is 7.08. The van der Waals surface area contributed by atoms with Crippen molar-refractivity contribution in [1.82, 2.24) is 25.3 Å². The van der Waals surface area contributed by atoms with Gasteiger partial charge < -0.3 is 15.5 Å². The van der Waals surface area contributed by atoms with Gasteiger partial charge in [-0.25, -0.2) is 23.7 Å². The van der Waals surface area contributed by atoms with Crippen molar-refractivity contribution >= 4 is 33.8 Å². The first kappa shape index (κ1) is 21.3. The first-order valence-electron chi connectivity index (χ1n) is 11.3. The minimum absolute atomic E-state index is 0.256. The summed E-state index contributed by atoms with van der Waals surface area (Å²) in [5.74, 6) is 0.228. The van der Waals surface area contributed by atoms with Crippen molar-refractivity contribution in [3.05, 3.63) is 84.3 Å². The largest absolute Gasteiger partial charge is 0.353 e. The normalized spacial score (nSPS) is 15.1. The van der Waals surface area contributed by atoms with Crippen molar-refractivity contribution in [3.8, 4) is 11.4 Å². The zero-order chi connectivity index (χ0) is 23.8. The Bertz CT molecular complexity index is 1470. The molecule has 2 N–H and O–H groups in total. The van der Waals surface area contributed by atoms with E-state index in [2.05, 4.69) is 37.7 Å². The fourth-order valence-electron chi connectivity index (χ4n) is 4.27. The van der Waals surface area contributed by atoms with E-state index in [1.165, 1.54) is 18.2 Å². The van der Waals surface area contributed by atoms with Gasteiger partial charge >= 0.3 is 0 Å². The Hall–Kier alpha value is -4.24. The molecule has 0 atom stereocenters. The minimum Gasteiger partial charge on any atom is -0.353 e. The van der Waals surface area contributed by atoms with Crippen LogP contribution in [-0.2, 0) is 0 Å². The molecule has 174 valence electrons. The van der Waals surface area contributed by atoms with Gasteiger partial charge in [-0.2, -0.15) is 0 Å². The number of fused-ring (bicyclic) bond motifs is 1. The van der Waals surface area contributed by atoms with Gasteiger partial charge in [0.1, 0.15) is 29.0 Å². The van der Waals surface area contributed by atoms with Gasteiger partial charge in [0, 0.05) is 49.7 Å². The zero-order valence-corrected chi connectivity index (χ0v) is 18.7. The zero-order valence-electron chi connectivity index (χ0n) is 18.7. The molecule has 1 aliphatic carbocycles. The van der Waals surface area contributed by atoms with Crippen LogP contribution >= 0.6 is 0 Å². The number of rotatable bonds is 5. The van der Waals surface area contributed by atoms with Gasteiger partial charge in [-0.1, -0.05) is 24.3 Å². The molecule has 3 aromatic heterocycles. The lowest BCUT2D eigenvalue weighted by Crippen LogP contribution is -2.44. The topological polar surface area (TPSA) is 78.9 Å². The Morgan fingerprint density at radius 1 is 1.00 bits per heavy atom. The van der Waals surface area contributed by atoms with E-state index in [0.29, 0.717) is 11.4 Å². The number of halogens is 2. The van der Waals surface area contributed by atoms with E-state index < -0.39 is 11.6 Å². The number of hydrogen-bond donors (Lipinski definition) is 2. The van der Waals surface area contributed by atoms with E-state index in [1.54, 1.807) is 24.5 Å². The molecule has 1 aliphatic heterocycles. The molecule has 35 heavy (non-hydrogen) atoms. The molecule has 4 heterocycles. The summed E-state index contributed by atoms with van der Waals surface area (Å²) in [6.07, 6.45) is 11.3. The number of allylic oxidation sites excluding steroid dienone is 4. The molecule has 0 spiro atoms. The Kier molecular flexibility index (Phi) is 5.38. The standard InChI is InChI=1S/C26H21F2N7/c27-19-5-2-6-20(28)24(19)33-22-13-17(7-8-31-22)25-32-21-15-30-14-18(16-3-1-4-16)23(21)26(34-25)35-11-9-29-10-12-35/h1-8,13-15,29H,9-12H2,(H,31,33). The highest BCUT2D eigenvalue weighted by Gasteiger charge is 2.22. The third-order valence-electron chi connectivity index (χ3n) is 6.10. The van der Waals surface area contributed by atoms with Gasteiger partial charge in [0.2, 0.25) is 0 Å². The minimum atomic E-state index is -0.696. The molecule has 4 aromatic rings. The van der Waals surface area contributed by atoms with Crippen molar-refractivity contribution in [2.45, 2.75) is 0 Å². The Balaban J connectivity index is 1.46. The summed E-state index contributed by atoms with van der Waals surface area (Å²) in [6, 6.07) is 7.17. The molecule has 6 rings (SSSR count). The first-order valence-corrected chi connectivity index (χ1v) is 11.3. The second-order valence-electron chi connectivity index (χ2n) is 8.32. The summed E-state index contributed by atoms with van der Waals surface area (Å²) in [5.41, 5.74) is 3.24. The predicted molar refractivity (Wildman–Crippen MR) is 132 cm³/mol. The molecule has 1 fully saturated rings. The number of hydrogen-bond acceptors (Lipinski definition) is 7. The third-order valence-corrected chi connectivity index (χ3v) is 6.10. The first-order chi connectivity index (χ1) is 17.2. The van der Waals surface area contributed by atoms with E-state index in [4.69, 9.17) is 9.97 Å². The van der Waals surface area contributed by atoms with Crippen LogP contribution in [0.5, 0.6) is 0 Å². The monoisotopic (exact) mass is 469 g/mol. The summed E-state index contributed by atoms with van der Waals surface area (Å²) in [4.78, 5) is 20.7. The van der Waals surface area contributed by atoms with Crippen LogP contribution in [0, 0.1) is 11.6 Å². The highest BCUT2D eigenvalue weighted by atomic mass is 19.1. The Morgan fingerprint density at radius 2 is 1.80 bits per heavy atom. The van der Waals surface area contributed by atoms with Crippen molar-refractivity contribution in [3.63, 3.8) is 0 Å². The molecule has 2 aliphatic rings. The van der Waals surface area contributed by atoms with Gasteiger partial charge in [-0.15, -0.1) is 0 Å². The summed E-state index contributed by atoms with van der Waals surface area (Å²) in [7, 11) is 0. The van der Waals surface area contributed by atoms with Crippen LogP contribution in [0.4, 0.5) is 26.1 Å². The van der Waals surface area contributed by atoms with E-state index in [9.17, 15) is 8.78 Å². The van der Waals surface area contributed by atoms with Gasteiger partial charge in [-0.3, -0.25) is 4.98 Å². The SMILES string of the molecule is Fc1cccc(F)c1Nc1cc(-c2nc(N3CCNCC3)c3c(C4=CC=C4)cncc3n2)ccn1. The van der Waals surface area contributed by atoms with Crippen LogP contribution in [0.3, 0.4) is 0 Å². The van der Waals surface area contributed by atoms with Gasteiger partial charge in [0.15, 0.2) is 5.82 Å². The highest BCUT2D eigenvalue weighted by Crippen LogP contribution is 2.35. The van der Waals surface area contributed by atoms with Crippen LogP contribution in [0.2, 0.25) is 0 Å². The molecule has 0 saturated carbocycles. The average Bonchev–Trinajstić information content (AvgIpc) is 2.85. The number of aromatic nitrogens is 4. The lowest BCUT2D eigenvalue weighted by molar-refractivity contribution is 0.586. The molecular formula is C26H21F2N7. The van der Waals surface area contributed by atoms with E-state index in [1.807, 2.05) is 12.3 Å². The lowest BCUT2D eigenvalue weighted by Gasteiger charge is -2.30. The second kappa shape index (κ2) is 8.84. The molecule has 1 aromatic carbocycles. The fraction of sp³-hybridized carbons (Fsp3) is 0.154. The predicted octanol–water partition coefficient (Wildman–Crippen LogP) is 4.47. The highest BCUT2D eigenvalue weighted by molar-refractivity contribution is 6.02. The third kappa shape index (κ3) is 4.00. The maximum absolute atomic E-state index is 14.1. The maximum atomic E-state index is 14.1. The summed E-state index contributed by atoms with van der Waals surface area (Å²) < 4.78 is 28.3. The van der Waals surface area contributed by atoms with Gasteiger partial charge in [0.25, 0.3) is 0 Å². The van der Waals surface area contributed by atoms with Crippen LogP contribution in [0.25, 0.3) is 27.9 Å². The number of piperazine rings is 1. The van der Waals surface area contributed by atoms with Crippen LogP contribution < -0.4 is 15.5 Å². The van der Waals surface area contributed by atoms with Crippen LogP contribution in [0.15, 0.2) is 67.2 Å². The number of pyridine rings is 2. The lowest BCUT2D eigenvalue weighted by atomic mass is 9.97. The van der Waals surface area contributed by atoms with Crippen LogP contribution in [-0.4, -0.2) is 46.1 Å². The molecule has 0 amide bonds. The van der Waals surface area contributed by atoms with Crippen molar-refractivity contribution in [2.75, 3.05) is 36.4 Å². The fourth-order valence-corrected chi connectivity index (χ4v) is 4.27. The Morgan fingerprint density at radius 3 is 2.54 bits per heavy atom. The van der Waals surface area contributed by atoms with Crippen molar-refractivity contribution in [2.24, 2.45) is 0 Å². The van der Waals surface area contributed by atoms with E-state index in [0.717, 1.165) is 54.0 Å². The number of benzene rings is 1.